The molecule has 1 fully saturated rings. The molecular formula is C22H30N4O4S. The second-order valence-corrected chi connectivity index (χ2v) is 9.25. The summed E-state index contributed by atoms with van der Waals surface area (Å²) in [5, 5.41) is 6.06. The zero-order valence-corrected chi connectivity index (χ0v) is 19.0. The molecule has 31 heavy (non-hydrogen) atoms. The van der Waals surface area contributed by atoms with Crippen LogP contribution in [0.15, 0.2) is 41.3 Å². The first-order chi connectivity index (χ1) is 14.8. The quantitative estimate of drug-likeness (QED) is 0.536. The van der Waals surface area contributed by atoms with Crippen LogP contribution in [0.25, 0.3) is 0 Å². The van der Waals surface area contributed by atoms with Gasteiger partial charge in [-0.05, 0) is 55.3 Å². The third-order valence-electron chi connectivity index (χ3n) is 5.34. The van der Waals surface area contributed by atoms with E-state index in [-0.39, 0.29) is 10.8 Å². The van der Waals surface area contributed by atoms with Gasteiger partial charge in [-0.3, -0.25) is 9.52 Å². The minimum Gasteiger partial charge on any atom is -0.383 e. The molecule has 1 aliphatic rings. The highest BCUT2D eigenvalue weighted by molar-refractivity contribution is 7.92. The normalized spacial score (nSPS) is 14.4. The number of carbonyl (C=O) groups excluding carboxylic acids is 1. The first-order valence-corrected chi connectivity index (χ1v) is 11.8. The highest BCUT2D eigenvalue weighted by Crippen LogP contribution is 2.30. The van der Waals surface area contributed by atoms with E-state index < -0.39 is 10.0 Å². The van der Waals surface area contributed by atoms with Gasteiger partial charge in [-0.1, -0.05) is 6.07 Å². The molecule has 0 saturated carbocycles. The molecule has 8 nitrogen and oxygen atoms in total. The fourth-order valence-corrected chi connectivity index (χ4v) is 4.54. The first-order valence-electron chi connectivity index (χ1n) is 10.3. The Hall–Kier alpha value is -2.62. The maximum Gasteiger partial charge on any atom is 0.261 e. The van der Waals surface area contributed by atoms with E-state index in [4.69, 9.17) is 4.74 Å². The number of methoxy groups -OCH3 is 1. The average Bonchev–Trinajstić information content (AvgIpc) is 2.76. The van der Waals surface area contributed by atoms with E-state index in [9.17, 15) is 13.2 Å². The van der Waals surface area contributed by atoms with E-state index in [1.165, 1.54) is 0 Å². The van der Waals surface area contributed by atoms with Gasteiger partial charge < -0.3 is 20.3 Å². The predicted octanol–water partition coefficient (Wildman–Crippen LogP) is 1.89. The van der Waals surface area contributed by atoms with Crippen LogP contribution in [0.5, 0.6) is 0 Å². The number of nitrogens with one attached hydrogen (secondary N) is 3. The number of hydrogen-bond acceptors (Lipinski definition) is 6. The molecule has 3 rings (SSSR count). The van der Waals surface area contributed by atoms with Crippen molar-refractivity contribution in [1.29, 1.82) is 0 Å². The molecule has 2 aromatic rings. The highest BCUT2D eigenvalue weighted by atomic mass is 32.2. The Morgan fingerprint density at radius 3 is 2.52 bits per heavy atom. The summed E-state index contributed by atoms with van der Waals surface area (Å²) in [6.07, 6.45) is 0. The van der Waals surface area contributed by atoms with E-state index in [0.29, 0.717) is 24.4 Å². The van der Waals surface area contributed by atoms with E-state index in [0.717, 1.165) is 43.0 Å². The Morgan fingerprint density at radius 2 is 1.84 bits per heavy atom. The van der Waals surface area contributed by atoms with Crippen molar-refractivity contribution in [3.63, 3.8) is 0 Å². The van der Waals surface area contributed by atoms with Crippen molar-refractivity contribution in [2.24, 2.45) is 0 Å². The summed E-state index contributed by atoms with van der Waals surface area (Å²) in [6, 6.07) is 10.2. The van der Waals surface area contributed by atoms with Gasteiger partial charge in [0.25, 0.3) is 15.9 Å². The van der Waals surface area contributed by atoms with E-state index in [1.807, 2.05) is 13.8 Å². The fourth-order valence-electron chi connectivity index (χ4n) is 3.39. The number of rotatable bonds is 8. The summed E-state index contributed by atoms with van der Waals surface area (Å²) in [6.45, 7) is 7.70. The van der Waals surface area contributed by atoms with Crippen LogP contribution in [-0.4, -0.2) is 60.8 Å². The number of aryl methyl sites for hydroxylation is 2. The molecule has 9 heteroatoms. The SMILES string of the molecule is COCCNC(=O)c1ccc(N2CCNCC2)c(NS(=O)(=O)c2ccc(C)c(C)c2)c1. The Morgan fingerprint density at radius 1 is 1.10 bits per heavy atom. The Bertz CT molecular complexity index is 1030. The lowest BCUT2D eigenvalue weighted by atomic mass is 10.1. The van der Waals surface area contributed by atoms with Crippen molar-refractivity contribution >= 4 is 27.3 Å². The van der Waals surface area contributed by atoms with Gasteiger partial charge in [0, 0.05) is 45.4 Å². The summed E-state index contributed by atoms with van der Waals surface area (Å²) in [4.78, 5) is 14.8. The summed E-state index contributed by atoms with van der Waals surface area (Å²) < 4.78 is 33.9. The Kier molecular flexibility index (Phi) is 7.53. The third kappa shape index (κ3) is 5.75. The van der Waals surface area contributed by atoms with Gasteiger partial charge in [0.15, 0.2) is 0 Å². The molecule has 1 heterocycles. The number of hydrogen-bond donors (Lipinski definition) is 3. The highest BCUT2D eigenvalue weighted by Gasteiger charge is 2.21. The standard InChI is InChI=1S/C22H30N4O4S/c1-16-4-6-19(14-17(16)2)31(28,29)25-20-15-18(22(27)24-10-13-30-3)5-7-21(20)26-11-8-23-9-12-26/h4-7,14-15,23,25H,8-13H2,1-3H3,(H,24,27). The minimum atomic E-state index is -3.82. The summed E-state index contributed by atoms with van der Waals surface area (Å²) in [5.41, 5.74) is 3.45. The maximum absolute atomic E-state index is 13.1. The van der Waals surface area contributed by atoms with Crippen molar-refractivity contribution in [3.05, 3.63) is 53.1 Å². The maximum atomic E-state index is 13.1. The van der Waals surface area contributed by atoms with Gasteiger partial charge in [-0.25, -0.2) is 8.42 Å². The molecule has 0 spiro atoms. The molecule has 1 amide bonds. The van der Waals surface area contributed by atoms with E-state index in [1.54, 1.807) is 43.5 Å². The van der Waals surface area contributed by atoms with Crippen molar-refractivity contribution in [1.82, 2.24) is 10.6 Å². The smallest absolute Gasteiger partial charge is 0.261 e. The van der Waals surface area contributed by atoms with Gasteiger partial charge in [0.2, 0.25) is 0 Å². The number of benzene rings is 2. The largest absolute Gasteiger partial charge is 0.383 e. The van der Waals surface area contributed by atoms with E-state index in [2.05, 4.69) is 20.3 Å². The third-order valence-corrected chi connectivity index (χ3v) is 6.70. The van der Waals surface area contributed by atoms with Crippen LogP contribution in [0.4, 0.5) is 11.4 Å². The zero-order valence-electron chi connectivity index (χ0n) is 18.2. The number of amides is 1. The predicted molar refractivity (Wildman–Crippen MR) is 122 cm³/mol. The topological polar surface area (TPSA) is 99.8 Å². The van der Waals surface area contributed by atoms with Gasteiger partial charge >= 0.3 is 0 Å². The van der Waals surface area contributed by atoms with Crippen LogP contribution >= 0.6 is 0 Å². The second-order valence-electron chi connectivity index (χ2n) is 7.57. The minimum absolute atomic E-state index is 0.191. The lowest BCUT2D eigenvalue weighted by Gasteiger charge is -2.31. The molecular weight excluding hydrogens is 416 g/mol. The first kappa shape index (κ1) is 23.1. The van der Waals surface area contributed by atoms with Crippen LogP contribution in [0.3, 0.4) is 0 Å². The second kappa shape index (κ2) is 10.1. The fraction of sp³-hybridized carbons (Fsp3) is 0.409. The zero-order chi connectivity index (χ0) is 22.4. The summed E-state index contributed by atoms with van der Waals surface area (Å²) in [5.74, 6) is -0.282. The molecule has 2 aromatic carbocycles. The number of sulfonamides is 1. The molecule has 0 unspecified atom stereocenters. The van der Waals surface area contributed by atoms with Gasteiger partial charge in [0.1, 0.15) is 0 Å². The van der Waals surface area contributed by atoms with Crippen LogP contribution in [0.2, 0.25) is 0 Å². The average molecular weight is 447 g/mol. The summed E-state index contributed by atoms with van der Waals surface area (Å²) >= 11 is 0. The molecule has 0 radical (unpaired) electrons. The molecule has 1 aliphatic heterocycles. The van der Waals surface area contributed by atoms with Crippen molar-refractivity contribution < 1.29 is 17.9 Å². The Balaban J connectivity index is 1.94. The van der Waals surface area contributed by atoms with Gasteiger partial charge in [0.05, 0.1) is 22.9 Å². The number of anilines is 2. The number of carbonyl (C=O) groups is 1. The molecule has 0 atom stereocenters. The van der Waals surface area contributed by atoms with E-state index >= 15 is 0 Å². The van der Waals surface area contributed by atoms with Gasteiger partial charge in [-0.2, -0.15) is 0 Å². The molecule has 0 bridgehead atoms. The lowest BCUT2D eigenvalue weighted by molar-refractivity contribution is 0.0937. The van der Waals surface area contributed by atoms with Crippen molar-refractivity contribution in [3.8, 4) is 0 Å². The molecule has 3 N–H and O–H groups in total. The molecule has 0 aliphatic carbocycles. The molecule has 0 aromatic heterocycles. The van der Waals surface area contributed by atoms with Crippen molar-refractivity contribution in [2.75, 3.05) is 56.1 Å². The van der Waals surface area contributed by atoms with Crippen LogP contribution < -0.4 is 20.3 Å². The number of piperazine rings is 1. The number of nitrogens with zero attached hydrogens (tertiary/aromatic N) is 1. The lowest BCUT2D eigenvalue weighted by Crippen LogP contribution is -2.43. The van der Waals surface area contributed by atoms with Crippen molar-refractivity contribution in [2.45, 2.75) is 18.7 Å². The van der Waals surface area contributed by atoms with Crippen LogP contribution in [-0.2, 0) is 14.8 Å². The van der Waals surface area contributed by atoms with Gasteiger partial charge in [-0.15, -0.1) is 0 Å². The monoisotopic (exact) mass is 446 g/mol. The molecule has 168 valence electrons. The van der Waals surface area contributed by atoms with Crippen LogP contribution in [0.1, 0.15) is 21.5 Å². The Labute approximate surface area is 184 Å². The molecule has 1 saturated heterocycles. The number of ether oxygens (including phenoxy) is 1. The summed E-state index contributed by atoms with van der Waals surface area (Å²) in [7, 11) is -2.26. The van der Waals surface area contributed by atoms with Crippen LogP contribution in [0, 0.1) is 13.8 Å².